The lowest BCUT2D eigenvalue weighted by Crippen LogP contribution is -2.29. The van der Waals surface area contributed by atoms with Crippen molar-refractivity contribution in [1.82, 2.24) is 0 Å². The molecule has 0 aliphatic heterocycles. The lowest BCUT2D eigenvalue weighted by Gasteiger charge is -2.29. The Morgan fingerprint density at radius 2 is 2.18 bits per heavy atom. The lowest BCUT2D eigenvalue weighted by atomic mass is 9.84. The molecular formula is C9H17ClO. The van der Waals surface area contributed by atoms with Gasteiger partial charge >= 0.3 is 0 Å². The fraction of sp³-hybridized carbons (Fsp3) is 1.00. The molecule has 0 spiro atoms. The highest BCUT2D eigenvalue weighted by atomic mass is 35.5. The van der Waals surface area contributed by atoms with Crippen LogP contribution in [0.3, 0.4) is 0 Å². The molecule has 0 saturated heterocycles. The highest BCUT2D eigenvalue weighted by Gasteiger charge is 2.26. The number of hydrogen-bond donors (Lipinski definition) is 1. The molecule has 1 aliphatic carbocycles. The smallest absolute Gasteiger partial charge is 0.0703 e. The molecule has 0 aromatic carbocycles. The van der Waals surface area contributed by atoms with Gasteiger partial charge in [-0.3, -0.25) is 0 Å². The zero-order valence-electron chi connectivity index (χ0n) is 7.09. The van der Waals surface area contributed by atoms with Gasteiger partial charge in [-0.15, -0.1) is 11.6 Å². The van der Waals surface area contributed by atoms with Gasteiger partial charge in [-0.2, -0.15) is 0 Å². The van der Waals surface area contributed by atoms with E-state index in [0.717, 1.165) is 25.2 Å². The summed E-state index contributed by atoms with van der Waals surface area (Å²) in [4.78, 5) is 0. The molecule has 1 fully saturated rings. The van der Waals surface area contributed by atoms with Gasteiger partial charge in [0.1, 0.15) is 0 Å². The van der Waals surface area contributed by atoms with Crippen LogP contribution in [0.15, 0.2) is 0 Å². The van der Waals surface area contributed by atoms with Crippen molar-refractivity contribution in [2.24, 2.45) is 5.92 Å². The summed E-state index contributed by atoms with van der Waals surface area (Å²) in [6.07, 6.45) is 5.35. The molecule has 1 N–H and O–H groups in total. The molecule has 3 atom stereocenters. The molecular weight excluding hydrogens is 160 g/mol. The normalized spacial score (nSPS) is 39.0. The van der Waals surface area contributed by atoms with Crippen LogP contribution in [0.2, 0.25) is 0 Å². The molecule has 1 rings (SSSR count). The number of rotatable bonds is 2. The third kappa shape index (κ3) is 2.64. The second-order valence-electron chi connectivity index (χ2n) is 3.55. The molecule has 0 heterocycles. The average Bonchev–Trinajstić information content (AvgIpc) is 1.98. The van der Waals surface area contributed by atoms with Gasteiger partial charge in [-0.1, -0.05) is 19.8 Å². The summed E-state index contributed by atoms with van der Waals surface area (Å²) in [6, 6.07) is 0. The van der Waals surface area contributed by atoms with Gasteiger partial charge in [0.25, 0.3) is 0 Å². The van der Waals surface area contributed by atoms with Crippen LogP contribution in [-0.2, 0) is 0 Å². The van der Waals surface area contributed by atoms with Crippen molar-refractivity contribution in [3.63, 3.8) is 0 Å². The van der Waals surface area contributed by atoms with Crippen LogP contribution in [0.5, 0.6) is 0 Å². The standard InChI is InChI=1S/C9H17ClO/c1-2-3-7-4-5-9(11)8(10)6-7/h7-9,11H,2-6H2,1H3. The van der Waals surface area contributed by atoms with Crippen molar-refractivity contribution in [3.8, 4) is 0 Å². The van der Waals surface area contributed by atoms with Gasteiger partial charge in [-0.05, 0) is 25.2 Å². The first kappa shape index (κ1) is 9.34. The molecule has 11 heavy (non-hydrogen) atoms. The maximum Gasteiger partial charge on any atom is 0.0703 e. The van der Waals surface area contributed by atoms with E-state index in [-0.39, 0.29) is 11.5 Å². The molecule has 1 nitrogen and oxygen atoms in total. The van der Waals surface area contributed by atoms with E-state index in [1.165, 1.54) is 12.8 Å². The Hall–Kier alpha value is 0.250. The van der Waals surface area contributed by atoms with E-state index in [1.807, 2.05) is 0 Å². The summed E-state index contributed by atoms with van der Waals surface area (Å²) < 4.78 is 0. The van der Waals surface area contributed by atoms with Crippen LogP contribution in [0.25, 0.3) is 0 Å². The summed E-state index contributed by atoms with van der Waals surface area (Å²) in [6.45, 7) is 2.20. The number of aliphatic hydroxyl groups excluding tert-OH is 1. The molecule has 0 radical (unpaired) electrons. The minimum Gasteiger partial charge on any atom is -0.392 e. The van der Waals surface area contributed by atoms with Crippen LogP contribution in [0.4, 0.5) is 0 Å². The maximum atomic E-state index is 9.33. The van der Waals surface area contributed by atoms with E-state index in [1.54, 1.807) is 0 Å². The van der Waals surface area contributed by atoms with Gasteiger partial charge in [0.2, 0.25) is 0 Å². The minimum atomic E-state index is -0.246. The minimum absolute atomic E-state index is 0.0142. The van der Waals surface area contributed by atoms with Gasteiger partial charge in [0, 0.05) is 0 Å². The largest absolute Gasteiger partial charge is 0.392 e. The first-order valence-electron chi connectivity index (χ1n) is 4.56. The van der Waals surface area contributed by atoms with E-state index in [2.05, 4.69) is 6.92 Å². The van der Waals surface area contributed by atoms with Gasteiger partial charge < -0.3 is 5.11 Å². The molecule has 2 heteroatoms. The fourth-order valence-corrected chi connectivity index (χ4v) is 2.23. The lowest BCUT2D eigenvalue weighted by molar-refractivity contribution is 0.111. The van der Waals surface area contributed by atoms with Crippen molar-refractivity contribution in [2.75, 3.05) is 0 Å². The summed E-state index contributed by atoms with van der Waals surface area (Å²) >= 11 is 5.95. The zero-order chi connectivity index (χ0) is 8.27. The Kier molecular flexibility index (Phi) is 3.67. The first-order chi connectivity index (χ1) is 5.24. The van der Waals surface area contributed by atoms with Crippen LogP contribution < -0.4 is 0 Å². The fourth-order valence-electron chi connectivity index (χ4n) is 1.85. The van der Waals surface area contributed by atoms with Gasteiger partial charge in [0.05, 0.1) is 11.5 Å². The maximum absolute atomic E-state index is 9.33. The Balaban J connectivity index is 2.28. The summed E-state index contributed by atoms with van der Waals surface area (Å²) in [7, 11) is 0. The van der Waals surface area contributed by atoms with Crippen LogP contribution >= 0.6 is 11.6 Å². The summed E-state index contributed by atoms with van der Waals surface area (Å²) in [5.74, 6) is 0.769. The van der Waals surface area contributed by atoms with Crippen molar-refractivity contribution < 1.29 is 5.11 Å². The quantitative estimate of drug-likeness (QED) is 0.642. The van der Waals surface area contributed by atoms with Gasteiger partial charge in [-0.25, -0.2) is 0 Å². The van der Waals surface area contributed by atoms with E-state index in [4.69, 9.17) is 11.6 Å². The third-order valence-electron chi connectivity index (χ3n) is 2.54. The molecule has 0 aromatic heterocycles. The number of hydrogen-bond acceptors (Lipinski definition) is 1. The molecule has 3 unspecified atom stereocenters. The van der Waals surface area contributed by atoms with Crippen molar-refractivity contribution in [2.45, 2.75) is 50.5 Å². The predicted molar refractivity (Wildman–Crippen MR) is 47.9 cm³/mol. The highest BCUT2D eigenvalue weighted by molar-refractivity contribution is 6.21. The van der Waals surface area contributed by atoms with E-state index < -0.39 is 0 Å². The number of halogens is 1. The second-order valence-corrected chi connectivity index (χ2v) is 4.11. The first-order valence-corrected chi connectivity index (χ1v) is 4.99. The monoisotopic (exact) mass is 176 g/mol. The van der Waals surface area contributed by atoms with Crippen molar-refractivity contribution in [3.05, 3.63) is 0 Å². The zero-order valence-corrected chi connectivity index (χ0v) is 7.85. The Morgan fingerprint density at radius 3 is 2.73 bits per heavy atom. The molecule has 0 aromatic rings. The van der Waals surface area contributed by atoms with Gasteiger partial charge in [0.15, 0.2) is 0 Å². The SMILES string of the molecule is CCCC1CCC(O)C(Cl)C1. The van der Waals surface area contributed by atoms with Crippen molar-refractivity contribution >= 4 is 11.6 Å². The molecule has 0 bridgehead atoms. The van der Waals surface area contributed by atoms with Crippen LogP contribution in [0.1, 0.15) is 39.0 Å². The van der Waals surface area contributed by atoms with Crippen LogP contribution in [0, 0.1) is 5.92 Å². The molecule has 66 valence electrons. The van der Waals surface area contributed by atoms with Crippen LogP contribution in [-0.4, -0.2) is 16.6 Å². The Labute approximate surface area is 73.8 Å². The average molecular weight is 177 g/mol. The van der Waals surface area contributed by atoms with E-state index in [9.17, 15) is 5.11 Å². The third-order valence-corrected chi connectivity index (χ3v) is 3.01. The Morgan fingerprint density at radius 1 is 1.45 bits per heavy atom. The predicted octanol–water partition coefficient (Wildman–Crippen LogP) is 2.55. The summed E-state index contributed by atoms with van der Waals surface area (Å²) in [5, 5.41) is 9.35. The van der Waals surface area contributed by atoms with E-state index >= 15 is 0 Å². The molecule has 1 aliphatic rings. The molecule has 0 amide bonds. The number of alkyl halides is 1. The molecule has 1 saturated carbocycles. The van der Waals surface area contributed by atoms with E-state index in [0.29, 0.717) is 0 Å². The second kappa shape index (κ2) is 4.32. The topological polar surface area (TPSA) is 20.2 Å². The number of aliphatic hydroxyl groups is 1. The Bertz CT molecular complexity index is 116. The van der Waals surface area contributed by atoms with Crippen molar-refractivity contribution in [1.29, 1.82) is 0 Å². The highest BCUT2D eigenvalue weighted by Crippen LogP contribution is 2.30. The summed E-state index contributed by atoms with van der Waals surface area (Å²) in [5.41, 5.74) is 0.